The van der Waals surface area contributed by atoms with Crippen molar-refractivity contribution in [3.05, 3.63) is 90.2 Å². The Bertz CT molecular complexity index is 1070. The van der Waals surface area contributed by atoms with Crippen molar-refractivity contribution >= 4 is 16.0 Å². The topological polar surface area (TPSA) is 72.5 Å². The van der Waals surface area contributed by atoms with Gasteiger partial charge in [0, 0.05) is 0 Å². The molecule has 0 fully saturated rings. The van der Waals surface area contributed by atoms with E-state index < -0.39 is 27.9 Å². The zero-order chi connectivity index (χ0) is 20.9. The summed E-state index contributed by atoms with van der Waals surface area (Å²) in [6, 6.07) is 20.7. The molecule has 0 radical (unpaired) electrons. The quantitative estimate of drug-likeness (QED) is 0.596. The van der Waals surface area contributed by atoms with Gasteiger partial charge in [0.25, 0.3) is 0 Å². The molecule has 0 aliphatic rings. The first-order chi connectivity index (χ1) is 13.8. The van der Waals surface area contributed by atoms with Crippen LogP contribution in [-0.4, -0.2) is 20.4 Å². The molecular formula is C22H20FNO4S. The smallest absolute Gasteiger partial charge is 0.324 e. The Morgan fingerprint density at radius 1 is 0.931 bits per heavy atom. The van der Waals surface area contributed by atoms with Crippen molar-refractivity contribution in [3.8, 4) is 11.1 Å². The number of hydrogen-bond acceptors (Lipinski definition) is 4. The van der Waals surface area contributed by atoms with Crippen LogP contribution in [0.15, 0.2) is 83.8 Å². The van der Waals surface area contributed by atoms with Gasteiger partial charge in [0.2, 0.25) is 10.0 Å². The van der Waals surface area contributed by atoms with E-state index in [1.807, 2.05) is 54.6 Å². The third kappa shape index (κ3) is 5.49. The molecule has 150 valence electrons. The van der Waals surface area contributed by atoms with Crippen LogP contribution in [-0.2, 0) is 26.2 Å². The van der Waals surface area contributed by atoms with Crippen molar-refractivity contribution in [3.63, 3.8) is 0 Å². The number of ether oxygens (including phenoxy) is 1. The van der Waals surface area contributed by atoms with Crippen LogP contribution in [0.25, 0.3) is 11.1 Å². The van der Waals surface area contributed by atoms with Crippen LogP contribution >= 0.6 is 0 Å². The Balaban J connectivity index is 1.56. The fourth-order valence-corrected chi connectivity index (χ4v) is 3.86. The van der Waals surface area contributed by atoms with Crippen LogP contribution in [0.1, 0.15) is 12.5 Å². The highest BCUT2D eigenvalue weighted by atomic mass is 32.2. The van der Waals surface area contributed by atoms with Crippen molar-refractivity contribution in [2.45, 2.75) is 24.5 Å². The molecule has 0 aromatic heterocycles. The standard InChI is InChI=1S/C22H20FNO4S/c1-16(24-29(26,27)21-13-11-20(23)12-14-21)22(25)28-15-17-7-9-19(10-8-17)18-5-3-2-4-6-18/h2-14,16,24H,15H2,1H3/t16-/m0/s1. The molecule has 0 heterocycles. The van der Waals surface area contributed by atoms with Crippen LogP contribution < -0.4 is 4.72 Å². The molecule has 1 N–H and O–H groups in total. The number of sulfonamides is 1. The van der Waals surface area contributed by atoms with E-state index >= 15 is 0 Å². The molecule has 7 heteroatoms. The van der Waals surface area contributed by atoms with Crippen molar-refractivity contribution in [1.29, 1.82) is 0 Å². The second kappa shape index (κ2) is 8.98. The second-order valence-corrected chi connectivity index (χ2v) is 8.18. The van der Waals surface area contributed by atoms with E-state index in [0.717, 1.165) is 41.0 Å². The third-order valence-corrected chi connectivity index (χ3v) is 5.81. The monoisotopic (exact) mass is 413 g/mol. The minimum atomic E-state index is -3.96. The lowest BCUT2D eigenvalue weighted by molar-refractivity contribution is -0.146. The Morgan fingerprint density at radius 3 is 2.14 bits per heavy atom. The van der Waals surface area contributed by atoms with E-state index in [4.69, 9.17) is 4.74 Å². The van der Waals surface area contributed by atoms with Gasteiger partial charge in [0.1, 0.15) is 18.5 Å². The van der Waals surface area contributed by atoms with E-state index in [9.17, 15) is 17.6 Å². The summed E-state index contributed by atoms with van der Waals surface area (Å²) >= 11 is 0. The first-order valence-corrected chi connectivity index (χ1v) is 10.4. The Hall–Kier alpha value is -3.03. The first kappa shape index (κ1) is 20.7. The van der Waals surface area contributed by atoms with Crippen molar-refractivity contribution in [1.82, 2.24) is 4.72 Å². The van der Waals surface area contributed by atoms with Crippen LogP contribution in [0.3, 0.4) is 0 Å². The van der Waals surface area contributed by atoms with Crippen LogP contribution in [0, 0.1) is 5.82 Å². The number of benzene rings is 3. The largest absolute Gasteiger partial charge is 0.460 e. The SMILES string of the molecule is C[C@H](NS(=O)(=O)c1ccc(F)cc1)C(=O)OCc1ccc(-c2ccccc2)cc1. The average Bonchev–Trinajstić information content (AvgIpc) is 2.73. The summed E-state index contributed by atoms with van der Waals surface area (Å²) in [5.41, 5.74) is 2.91. The van der Waals surface area contributed by atoms with E-state index in [1.54, 1.807) is 0 Å². The predicted molar refractivity (Wildman–Crippen MR) is 108 cm³/mol. The molecule has 5 nitrogen and oxygen atoms in total. The molecule has 0 amide bonds. The first-order valence-electron chi connectivity index (χ1n) is 8.94. The van der Waals surface area contributed by atoms with Gasteiger partial charge in [-0.05, 0) is 47.9 Å². The maximum absolute atomic E-state index is 13.0. The summed E-state index contributed by atoms with van der Waals surface area (Å²) < 4.78 is 44.9. The van der Waals surface area contributed by atoms with Crippen molar-refractivity contribution < 1.29 is 22.3 Å². The van der Waals surface area contributed by atoms with E-state index in [0.29, 0.717) is 0 Å². The number of esters is 1. The van der Waals surface area contributed by atoms with E-state index in [-0.39, 0.29) is 11.5 Å². The zero-order valence-electron chi connectivity index (χ0n) is 15.7. The maximum atomic E-state index is 13.0. The Morgan fingerprint density at radius 2 is 1.52 bits per heavy atom. The van der Waals surface area contributed by atoms with Gasteiger partial charge in [0.15, 0.2) is 0 Å². The van der Waals surface area contributed by atoms with Crippen LogP contribution in [0.5, 0.6) is 0 Å². The molecule has 3 rings (SSSR count). The Labute approximate surface area is 169 Å². The summed E-state index contributed by atoms with van der Waals surface area (Å²) in [6.45, 7) is 1.42. The highest BCUT2D eigenvalue weighted by Gasteiger charge is 2.23. The molecule has 29 heavy (non-hydrogen) atoms. The van der Waals surface area contributed by atoms with E-state index in [2.05, 4.69) is 4.72 Å². The molecule has 0 aliphatic carbocycles. The predicted octanol–water partition coefficient (Wildman–Crippen LogP) is 3.90. The van der Waals surface area contributed by atoms with Gasteiger partial charge in [0.05, 0.1) is 4.90 Å². The van der Waals surface area contributed by atoms with E-state index in [1.165, 1.54) is 6.92 Å². The molecule has 0 unspecified atom stereocenters. The summed E-state index contributed by atoms with van der Waals surface area (Å²) in [6.07, 6.45) is 0. The molecule has 0 bridgehead atoms. The summed E-state index contributed by atoms with van der Waals surface area (Å²) in [5.74, 6) is -1.25. The number of hydrogen-bond donors (Lipinski definition) is 1. The molecule has 3 aromatic carbocycles. The molecule has 0 aliphatic heterocycles. The molecule has 3 aromatic rings. The zero-order valence-corrected chi connectivity index (χ0v) is 16.5. The minimum absolute atomic E-state index is 0.0243. The highest BCUT2D eigenvalue weighted by molar-refractivity contribution is 7.89. The number of rotatable bonds is 7. The highest BCUT2D eigenvalue weighted by Crippen LogP contribution is 2.19. The van der Waals surface area contributed by atoms with Crippen molar-refractivity contribution in [2.75, 3.05) is 0 Å². The van der Waals surface area contributed by atoms with Gasteiger partial charge < -0.3 is 4.74 Å². The van der Waals surface area contributed by atoms with Crippen LogP contribution in [0.2, 0.25) is 0 Å². The van der Waals surface area contributed by atoms with Crippen LogP contribution in [0.4, 0.5) is 4.39 Å². The fourth-order valence-electron chi connectivity index (χ4n) is 2.67. The molecule has 1 atom stereocenters. The third-order valence-electron chi connectivity index (χ3n) is 4.25. The van der Waals surface area contributed by atoms with Gasteiger partial charge >= 0.3 is 5.97 Å². The number of halogens is 1. The minimum Gasteiger partial charge on any atom is -0.460 e. The molecule has 0 saturated carbocycles. The van der Waals surface area contributed by atoms with Gasteiger partial charge in [-0.2, -0.15) is 4.72 Å². The fraction of sp³-hybridized carbons (Fsp3) is 0.136. The van der Waals surface area contributed by atoms with Gasteiger partial charge in [-0.15, -0.1) is 0 Å². The summed E-state index contributed by atoms with van der Waals surface area (Å²) in [4.78, 5) is 12.0. The Kier molecular flexibility index (Phi) is 6.41. The van der Waals surface area contributed by atoms with Gasteiger partial charge in [-0.25, -0.2) is 12.8 Å². The lowest BCUT2D eigenvalue weighted by Crippen LogP contribution is -2.39. The number of carbonyl (C=O) groups is 1. The van der Waals surface area contributed by atoms with Gasteiger partial charge in [-0.1, -0.05) is 54.6 Å². The van der Waals surface area contributed by atoms with Gasteiger partial charge in [-0.3, -0.25) is 4.79 Å². The number of carbonyl (C=O) groups excluding carboxylic acids is 1. The second-order valence-electron chi connectivity index (χ2n) is 6.47. The number of nitrogens with one attached hydrogen (secondary N) is 1. The average molecular weight is 413 g/mol. The lowest BCUT2D eigenvalue weighted by Gasteiger charge is -2.14. The summed E-state index contributed by atoms with van der Waals surface area (Å²) in [5, 5.41) is 0. The maximum Gasteiger partial charge on any atom is 0.324 e. The van der Waals surface area contributed by atoms with Crippen molar-refractivity contribution in [2.24, 2.45) is 0 Å². The lowest BCUT2D eigenvalue weighted by atomic mass is 10.0. The molecule has 0 spiro atoms. The molecule has 0 saturated heterocycles. The normalized spacial score (nSPS) is 12.3. The molecular weight excluding hydrogens is 393 g/mol. The summed E-state index contributed by atoms with van der Waals surface area (Å²) in [7, 11) is -3.96.